The molecule has 3 heterocycles. The molecule has 0 bridgehead atoms. The summed E-state index contributed by atoms with van der Waals surface area (Å²) in [5.74, 6) is 0.320. The summed E-state index contributed by atoms with van der Waals surface area (Å²) in [6.45, 7) is 3.35. The van der Waals surface area contributed by atoms with E-state index in [1.54, 1.807) is 17.6 Å². The van der Waals surface area contributed by atoms with Crippen molar-refractivity contribution in [2.24, 2.45) is 0 Å². The fraction of sp³-hybridized carbons (Fsp3) is 0.250. The third-order valence-electron chi connectivity index (χ3n) is 4.72. The Kier molecular flexibility index (Phi) is 5.48. The SMILES string of the molecule is Cc1ccc(CN2CCC(Nc3ccc(C(=O)Nc4nncs4)cn3)C2=O)cc1. The van der Waals surface area contributed by atoms with Gasteiger partial charge in [-0.2, -0.15) is 0 Å². The van der Waals surface area contributed by atoms with Gasteiger partial charge in [0, 0.05) is 19.3 Å². The maximum atomic E-state index is 12.7. The molecular weight excluding hydrogens is 388 g/mol. The number of aromatic nitrogens is 3. The highest BCUT2D eigenvalue weighted by molar-refractivity contribution is 7.13. The third-order valence-corrected chi connectivity index (χ3v) is 5.33. The van der Waals surface area contributed by atoms with Gasteiger partial charge < -0.3 is 10.2 Å². The van der Waals surface area contributed by atoms with Crippen molar-refractivity contribution in [3.8, 4) is 0 Å². The van der Waals surface area contributed by atoms with Crippen molar-refractivity contribution in [3.05, 3.63) is 64.8 Å². The van der Waals surface area contributed by atoms with Crippen LogP contribution in [0.5, 0.6) is 0 Å². The molecule has 29 heavy (non-hydrogen) atoms. The minimum Gasteiger partial charge on any atom is -0.358 e. The van der Waals surface area contributed by atoms with E-state index in [1.807, 2.05) is 11.8 Å². The Balaban J connectivity index is 1.33. The number of benzene rings is 1. The van der Waals surface area contributed by atoms with Crippen molar-refractivity contribution >= 4 is 34.1 Å². The maximum Gasteiger partial charge on any atom is 0.259 e. The van der Waals surface area contributed by atoms with Crippen molar-refractivity contribution in [2.75, 3.05) is 17.2 Å². The van der Waals surface area contributed by atoms with Gasteiger partial charge in [0.1, 0.15) is 17.4 Å². The fourth-order valence-corrected chi connectivity index (χ4v) is 3.57. The number of nitrogens with zero attached hydrogens (tertiary/aromatic N) is 4. The van der Waals surface area contributed by atoms with Gasteiger partial charge in [0.05, 0.1) is 5.56 Å². The summed E-state index contributed by atoms with van der Waals surface area (Å²) < 4.78 is 0. The zero-order valence-corrected chi connectivity index (χ0v) is 16.6. The molecule has 1 aliphatic rings. The Morgan fingerprint density at radius 1 is 1.24 bits per heavy atom. The number of likely N-dealkylation sites (tertiary alicyclic amines) is 1. The van der Waals surface area contributed by atoms with E-state index in [4.69, 9.17) is 0 Å². The molecule has 0 spiro atoms. The van der Waals surface area contributed by atoms with Gasteiger partial charge in [0.2, 0.25) is 11.0 Å². The molecule has 4 rings (SSSR count). The van der Waals surface area contributed by atoms with E-state index in [9.17, 15) is 9.59 Å². The Hall–Kier alpha value is -3.33. The number of carbonyl (C=O) groups is 2. The first kappa shape index (κ1) is 19.0. The molecule has 8 nitrogen and oxygen atoms in total. The lowest BCUT2D eigenvalue weighted by Gasteiger charge is -2.17. The lowest BCUT2D eigenvalue weighted by molar-refractivity contribution is -0.128. The predicted octanol–water partition coefficient (Wildman–Crippen LogP) is 2.71. The van der Waals surface area contributed by atoms with Crippen LogP contribution in [0.4, 0.5) is 10.9 Å². The summed E-state index contributed by atoms with van der Waals surface area (Å²) in [5.41, 5.74) is 4.27. The molecule has 1 fully saturated rings. The van der Waals surface area contributed by atoms with Crippen LogP contribution in [0.25, 0.3) is 0 Å². The Morgan fingerprint density at radius 3 is 2.76 bits per heavy atom. The van der Waals surface area contributed by atoms with E-state index < -0.39 is 0 Å². The van der Waals surface area contributed by atoms with Crippen LogP contribution >= 0.6 is 11.3 Å². The zero-order chi connectivity index (χ0) is 20.2. The molecule has 2 aromatic heterocycles. The van der Waals surface area contributed by atoms with Crippen LogP contribution < -0.4 is 10.6 Å². The minimum atomic E-state index is -0.311. The summed E-state index contributed by atoms with van der Waals surface area (Å²) in [6, 6.07) is 11.3. The van der Waals surface area contributed by atoms with Crippen molar-refractivity contribution in [1.29, 1.82) is 0 Å². The maximum absolute atomic E-state index is 12.7. The lowest BCUT2D eigenvalue weighted by atomic mass is 10.1. The molecule has 148 valence electrons. The summed E-state index contributed by atoms with van der Waals surface area (Å²) in [4.78, 5) is 31.0. The molecular formula is C20H20N6O2S. The van der Waals surface area contributed by atoms with Gasteiger partial charge in [0.25, 0.3) is 5.91 Å². The number of rotatable bonds is 6. The third kappa shape index (κ3) is 4.57. The first-order chi connectivity index (χ1) is 14.1. The van der Waals surface area contributed by atoms with Crippen molar-refractivity contribution in [3.63, 3.8) is 0 Å². The van der Waals surface area contributed by atoms with E-state index in [0.717, 1.165) is 5.56 Å². The second-order valence-corrected chi connectivity index (χ2v) is 7.69. The van der Waals surface area contributed by atoms with Gasteiger partial charge in [-0.15, -0.1) is 10.2 Å². The van der Waals surface area contributed by atoms with Gasteiger partial charge >= 0.3 is 0 Å². The quantitative estimate of drug-likeness (QED) is 0.651. The van der Waals surface area contributed by atoms with Crippen LogP contribution in [0.15, 0.2) is 48.1 Å². The number of aryl methyl sites for hydroxylation is 1. The van der Waals surface area contributed by atoms with E-state index in [0.29, 0.717) is 36.0 Å². The molecule has 1 atom stereocenters. The van der Waals surface area contributed by atoms with Crippen molar-refractivity contribution in [2.45, 2.75) is 25.9 Å². The van der Waals surface area contributed by atoms with Gasteiger partial charge in [-0.3, -0.25) is 14.9 Å². The Bertz CT molecular complexity index is 989. The number of anilines is 2. The molecule has 9 heteroatoms. The van der Waals surface area contributed by atoms with E-state index in [-0.39, 0.29) is 17.9 Å². The molecule has 1 aromatic carbocycles. The van der Waals surface area contributed by atoms with Crippen LogP contribution in [0, 0.1) is 6.92 Å². The largest absolute Gasteiger partial charge is 0.358 e. The molecule has 0 saturated carbocycles. The van der Waals surface area contributed by atoms with Gasteiger partial charge in [-0.05, 0) is 31.0 Å². The first-order valence-corrected chi connectivity index (χ1v) is 10.1. The van der Waals surface area contributed by atoms with Crippen LogP contribution in [0.2, 0.25) is 0 Å². The number of hydrogen-bond acceptors (Lipinski definition) is 7. The smallest absolute Gasteiger partial charge is 0.259 e. The molecule has 3 aromatic rings. The minimum absolute atomic E-state index is 0.0606. The molecule has 1 saturated heterocycles. The topological polar surface area (TPSA) is 100 Å². The summed E-state index contributed by atoms with van der Waals surface area (Å²) in [5, 5.41) is 13.7. The fourth-order valence-electron chi connectivity index (χ4n) is 3.13. The molecule has 1 aliphatic heterocycles. The van der Waals surface area contributed by atoms with Crippen LogP contribution in [-0.4, -0.2) is 44.5 Å². The highest BCUT2D eigenvalue weighted by atomic mass is 32.1. The second-order valence-electron chi connectivity index (χ2n) is 6.86. The summed E-state index contributed by atoms with van der Waals surface area (Å²) >= 11 is 1.24. The normalized spacial score (nSPS) is 16.1. The number of carbonyl (C=O) groups excluding carboxylic acids is 2. The van der Waals surface area contributed by atoms with Crippen LogP contribution in [0.1, 0.15) is 27.9 Å². The lowest BCUT2D eigenvalue weighted by Crippen LogP contribution is -2.33. The molecule has 0 aliphatic carbocycles. The molecule has 1 unspecified atom stereocenters. The standard InChI is InChI=1S/C20H20N6O2S/c1-13-2-4-14(5-3-13)11-26-9-8-16(19(26)28)23-17-7-6-15(10-21-17)18(27)24-20-25-22-12-29-20/h2-7,10,12,16H,8-9,11H2,1H3,(H,21,23)(H,24,25,27). The number of pyridine rings is 1. The highest BCUT2D eigenvalue weighted by Crippen LogP contribution is 2.19. The number of nitrogens with one attached hydrogen (secondary N) is 2. The Labute approximate surface area is 172 Å². The van der Waals surface area contributed by atoms with Crippen LogP contribution in [0.3, 0.4) is 0 Å². The molecule has 2 N–H and O–H groups in total. The average Bonchev–Trinajstić information content (AvgIpc) is 3.35. The molecule has 0 radical (unpaired) electrons. The average molecular weight is 408 g/mol. The number of hydrogen-bond donors (Lipinski definition) is 2. The van der Waals surface area contributed by atoms with E-state index >= 15 is 0 Å². The number of amides is 2. The van der Waals surface area contributed by atoms with Crippen molar-refractivity contribution in [1.82, 2.24) is 20.1 Å². The monoisotopic (exact) mass is 408 g/mol. The highest BCUT2D eigenvalue weighted by Gasteiger charge is 2.31. The zero-order valence-electron chi connectivity index (χ0n) is 15.8. The Morgan fingerprint density at radius 2 is 2.07 bits per heavy atom. The van der Waals surface area contributed by atoms with Gasteiger partial charge in [-0.25, -0.2) is 4.98 Å². The first-order valence-electron chi connectivity index (χ1n) is 9.23. The predicted molar refractivity (Wildman–Crippen MR) is 111 cm³/mol. The van der Waals surface area contributed by atoms with Gasteiger partial charge in [0.15, 0.2) is 0 Å². The summed E-state index contributed by atoms with van der Waals surface area (Å²) in [7, 11) is 0. The van der Waals surface area contributed by atoms with Gasteiger partial charge in [-0.1, -0.05) is 41.2 Å². The van der Waals surface area contributed by atoms with E-state index in [2.05, 4.69) is 50.1 Å². The van der Waals surface area contributed by atoms with Crippen LogP contribution in [-0.2, 0) is 11.3 Å². The summed E-state index contributed by atoms with van der Waals surface area (Å²) in [6.07, 6.45) is 2.19. The second kappa shape index (κ2) is 8.36. The molecule has 2 amide bonds. The van der Waals surface area contributed by atoms with E-state index in [1.165, 1.54) is 23.1 Å². The van der Waals surface area contributed by atoms with Crippen molar-refractivity contribution < 1.29 is 9.59 Å².